The van der Waals surface area contributed by atoms with Crippen LogP contribution < -0.4 is 0 Å². The Morgan fingerprint density at radius 3 is 3.00 bits per heavy atom. The molecule has 0 fully saturated rings. The van der Waals surface area contributed by atoms with Gasteiger partial charge in [0.25, 0.3) is 0 Å². The van der Waals surface area contributed by atoms with Crippen molar-refractivity contribution in [2.75, 3.05) is 6.54 Å². The van der Waals surface area contributed by atoms with E-state index in [1.807, 2.05) is 10.7 Å². The van der Waals surface area contributed by atoms with E-state index in [-0.39, 0.29) is 0 Å². The minimum absolute atomic E-state index is 0.310. The molecule has 0 saturated heterocycles. The van der Waals surface area contributed by atoms with Gasteiger partial charge in [-0.15, -0.1) is 0 Å². The molecule has 1 aliphatic heterocycles. The first-order valence-electron chi connectivity index (χ1n) is 6.79. The van der Waals surface area contributed by atoms with Crippen LogP contribution in [-0.2, 0) is 19.6 Å². The van der Waals surface area contributed by atoms with Crippen molar-refractivity contribution in [3.05, 3.63) is 35.3 Å². The number of fused-ring (bicyclic) bond motifs is 1. The molecule has 0 spiro atoms. The lowest BCUT2D eigenvalue weighted by atomic mass is 10.2. The fourth-order valence-electron chi connectivity index (χ4n) is 2.40. The lowest BCUT2D eigenvalue weighted by Crippen LogP contribution is -2.33. The van der Waals surface area contributed by atoms with E-state index < -0.39 is 0 Å². The molecule has 104 valence electrons. The van der Waals surface area contributed by atoms with Gasteiger partial charge in [0.1, 0.15) is 12.3 Å². The van der Waals surface area contributed by atoms with Crippen molar-refractivity contribution < 1.29 is 4.42 Å². The molecule has 3 rings (SSSR count). The summed E-state index contributed by atoms with van der Waals surface area (Å²) < 4.78 is 7.37. The Bertz CT molecular complexity index is 649. The van der Waals surface area contributed by atoms with Gasteiger partial charge in [-0.3, -0.25) is 9.58 Å². The molecule has 0 N–H and O–H groups in total. The summed E-state index contributed by atoms with van der Waals surface area (Å²) in [6.45, 7) is 7.41. The van der Waals surface area contributed by atoms with Crippen molar-refractivity contribution in [1.29, 1.82) is 5.26 Å². The van der Waals surface area contributed by atoms with Crippen LogP contribution in [0.1, 0.15) is 42.7 Å². The van der Waals surface area contributed by atoms with Crippen LogP contribution in [0, 0.1) is 11.3 Å². The van der Waals surface area contributed by atoms with Crippen molar-refractivity contribution >= 4 is 0 Å². The molecule has 3 heterocycles. The van der Waals surface area contributed by atoms with Crippen molar-refractivity contribution in [2.45, 2.75) is 39.4 Å². The van der Waals surface area contributed by atoms with Crippen molar-refractivity contribution in [3.8, 4) is 6.07 Å². The molecule has 0 radical (unpaired) electrons. The molecule has 0 bridgehead atoms. The number of oxazole rings is 1. The molecular weight excluding hydrogens is 254 g/mol. The Labute approximate surface area is 117 Å². The normalized spacial score (nSPS) is 15.3. The fraction of sp³-hybridized carbons (Fsp3) is 0.500. The highest BCUT2D eigenvalue weighted by atomic mass is 16.3. The quantitative estimate of drug-likeness (QED) is 0.852. The van der Waals surface area contributed by atoms with E-state index in [0.29, 0.717) is 11.6 Å². The average Bonchev–Trinajstić information content (AvgIpc) is 3.04. The predicted octanol–water partition coefficient (Wildman–Crippen LogP) is 1.88. The lowest BCUT2D eigenvalue weighted by molar-refractivity contribution is 0.203. The van der Waals surface area contributed by atoms with Gasteiger partial charge in [-0.1, -0.05) is 13.8 Å². The van der Waals surface area contributed by atoms with Crippen LogP contribution in [-0.4, -0.2) is 26.2 Å². The zero-order chi connectivity index (χ0) is 14.1. The van der Waals surface area contributed by atoms with Gasteiger partial charge in [-0.25, -0.2) is 4.98 Å². The van der Waals surface area contributed by atoms with Crippen LogP contribution >= 0.6 is 0 Å². The summed E-state index contributed by atoms with van der Waals surface area (Å²) in [6, 6.07) is 3.94. The SMILES string of the molecule is CC(C)c1nc(CN2CCn3nc(C#N)cc3C2)co1. The standard InChI is InChI=1S/C14H17N5O/c1-10(2)14-16-12(9-20-14)7-18-3-4-19-13(8-18)5-11(6-15)17-19/h5,9-10H,3-4,7-8H2,1-2H3. The largest absolute Gasteiger partial charge is 0.448 e. The maximum atomic E-state index is 8.88. The summed E-state index contributed by atoms with van der Waals surface area (Å²) in [6.07, 6.45) is 1.74. The molecule has 20 heavy (non-hydrogen) atoms. The monoisotopic (exact) mass is 271 g/mol. The van der Waals surface area contributed by atoms with Gasteiger partial charge in [0.05, 0.1) is 17.9 Å². The van der Waals surface area contributed by atoms with Gasteiger partial charge >= 0.3 is 0 Å². The molecule has 0 atom stereocenters. The second kappa shape index (κ2) is 5.10. The lowest BCUT2D eigenvalue weighted by Gasteiger charge is -2.26. The molecule has 0 unspecified atom stereocenters. The van der Waals surface area contributed by atoms with Gasteiger partial charge in [0.2, 0.25) is 0 Å². The number of hydrogen-bond acceptors (Lipinski definition) is 5. The second-order valence-corrected chi connectivity index (χ2v) is 5.40. The molecule has 0 aromatic carbocycles. The van der Waals surface area contributed by atoms with Gasteiger partial charge in [0, 0.05) is 25.6 Å². The predicted molar refractivity (Wildman–Crippen MR) is 71.6 cm³/mol. The molecule has 1 aliphatic rings. The zero-order valence-electron chi connectivity index (χ0n) is 11.7. The zero-order valence-corrected chi connectivity index (χ0v) is 11.7. The molecule has 2 aromatic rings. The van der Waals surface area contributed by atoms with Crippen LogP contribution in [0.15, 0.2) is 16.7 Å². The molecule has 0 amide bonds. The Morgan fingerprint density at radius 2 is 2.30 bits per heavy atom. The van der Waals surface area contributed by atoms with E-state index in [9.17, 15) is 0 Å². The summed E-state index contributed by atoms with van der Waals surface area (Å²) in [5.74, 6) is 1.10. The molecular formula is C14H17N5O. The van der Waals surface area contributed by atoms with Gasteiger partial charge in [-0.05, 0) is 6.07 Å². The van der Waals surface area contributed by atoms with E-state index in [0.717, 1.165) is 43.5 Å². The van der Waals surface area contributed by atoms with Crippen LogP contribution in [0.2, 0.25) is 0 Å². The topological polar surface area (TPSA) is 70.9 Å². The summed E-state index contributed by atoms with van der Waals surface area (Å²) in [4.78, 5) is 6.79. The Hall–Kier alpha value is -2.13. The number of nitriles is 1. The number of nitrogens with zero attached hydrogens (tertiary/aromatic N) is 5. The minimum atomic E-state index is 0.310. The van der Waals surface area contributed by atoms with E-state index >= 15 is 0 Å². The van der Waals surface area contributed by atoms with Crippen LogP contribution in [0.25, 0.3) is 0 Å². The van der Waals surface area contributed by atoms with Gasteiger partial charge < -0.3 is 4.42 Å². The Morgan fingerprint density at radius 1 is 1.45 bits per heavy atom. The third kappa shape index (κ3) is 2.45. The van der Waals surface area contributed by atoms with Crippen LogP contribution in [0.3, 0.4) is 0 Å². The summed E-state index contributed by atoms with van der Waals surface area (Å²) in [7, 11) is 0. The number of aromatic nitrogens is 3. The number of hydrogen-bond donors (Lipinski definition) is 0. The van der Waals surface area contributed by atoms with Crippen LogP contribution in [0.4, 0.5) is 0 Å². The van der Waals surface area contributed by atoms with E-state index in [1.165, 1.54) is 0 Å². The van der Waals surface area contributed by atoms with E-state index in [4.69, 9.17) is 9.68 Å². The first-order valence-corrected chi connectivity index (χ1v) is 6.79. The maximum absolute atomic E-state index is 8.88. The third-order valence-electron chi connectivity index (χ3n) is 3.44. The molecule has 6 heteroatoms. The van der Waals surface area contributed by atoms with E-state index in [2.05, 4.69) is 34.9 Å². The fourth-order valence-corrected chi connectivity index (χ4v) is 2.40. The molecule has 6 nitrogen and oxygen atoms in total. The maximum Gasteiger partial charge on any atom is 0.196 e. The highest BCUT2D eigenvalue weighted by Crippen LogP contribution is 2.18. The van der Waals surface area contributed by atoms with E-state index in [1.54, 1.807) is 6.26 Å². The summed E-state index contributed by atoms with van der Waals surface area (Å²) >= 11 is 0. The van der Waals surface area contributed by atoms with Gasteiger partial charge in [0.15, 0.2) is 11.6 Å². The van der Waals surface area contributed by atoms with Crippen molar-refractivity contribution in [1.82, 2.24) is 19.7 Å². The average molecular weight is 271 g/mol. The Balaban J connectivity index is 1.69. The minimum Gasteiger partial charge on any atom is -0.448 e. The van der Waals surface area contributed by atoms with Crippen molar-refractivity contribution in [2.24, 2.45) is 0 Å². The third-order valence-corrected chi connectivity index (χ3v) is 3.44. The van der Waals surface area contributed by atoms with Gasteiger partial charge in [-0.2, -0.15) is 10.4 Å². The smallest absolute Gasteiger partial charge is 0.196 e. The second-order valence-electron chi connectivity index (χ2n) is 5.40. The Kier molecular flexibility index (Phi) is 3.28. The van der Waals surface area contributed by atoms with Crippen LogP contribution in [0.5, 0.6) is 0 Å². The molecule has 2 aromatic heterocycles. The first-order chi connectivity index (χ1) is 9.65. The highest BCUT2D eigenvalue weighted by Gasteiger charge is 2.19. The number of rotatable bonds is 3. The highest BCUT2D eigenvalue weighted by molar-refractivity contribution is 5.23. The summed E-state index contributed by atoms with van der Waals surface area (Å²) in [5, 5.41) is 13.1. The molecule has 0 aliphatic carbocycles. The van der Waals surface area contributed by atoms with Crippen molar-refractivity contribution in [3.63, 3.8) is 0 Å². The molecule has 0 saturated carbocycles. The summed E-state index contributed by atoms with van der Waals surface area (Å²) in [5.41, 5.74) is 2.54. The first kappa shape index (κ1) is 12.9.